The lowest BCUT2D eigenvalue weighted by molar-refractivity contribution is -0.0713. The van der Waals surface area contributed by atoms with Gasteiger partial charge in [-0.05, 0) is 26.8 Å². The molecule has 1 N–H and O–H groups in total. The lowest BCUT2D eigenvalue weighted by Gasteiger charge is -2.37. The maximum Gasteiger partial charge on any atom is 0.0678 e. The maximum atomic E-state index is 5.75. The summed E-state index contributed by atoms with van der Waals surface area (Å²) in [5.74, 6) is 0. The molecular formula is C13H28N2O2. The Morgan fingerprint density at radius 2 is 2.00 bits per heavy atom. The van der Waals surface area contributed by atoms with Crippen LogP contribution in [0.1, 0.15) is 27.2 Å². The fraction of sp³-hybridized carbons (Fsp3) is 1.00. The topological polar surface area (TPSA) is 33.7 Å². The van der Waals surface area contributed by atoms with Crippen LogP contribution >= 0.6 is 0 Å². The number of rotatable bonds is 7. The van der Waals surface area contributed by atoms with Crippen LogP contribution in [0.3, 0.4) is 0 Å². The molecule has 4 heteroatoms. The molecule has 1 aliphatic rings. The van der Waals surface area contributed by atoms with Crippen LogP contribution in [0.5, 0.6) is 0 Å². The molecule has 1 saturated heterocycles. The minimum absolute atomic E-state index is 0.341. The molecule has 1 heterocycles. The van der Waals surface area contributed by atoms with Crippen molar-refractivity contribution in [2.45, 2.75) is 45.4 Å². The van der Waals surface area contributed by atoms with Gasteiger partial charge in [-0.1, -0.05) is 6.92 Å². The number of hydrogen-bond donors (Lipinski definition) is 1. The molecule has 0 spiro atoms. The highest BCUT2D eigenvalue weighted by atomic mass is 16.5. The molecule has 1 fully saturated rings. The normalized spacial score (nSPS) is 28.2. The molecule has 17 heavy (non-hydrogen) atoms. The second-order valence-corrected chi connectivity index (χ2v) is 5.08. The first-order valence-electron chi connectivity index (χ1n) is 6.75. The first kappa shape index (κ1) is 14.9. The van der Waals surface area contributed by atoms with Gasteiger partial charge in [-0.25, -0.2) is 0 Å². The van der Waals surface area contributed by atoms with Crippen molar-refractivity contribution in [2.24, 2.45) is 0 Å². The van der Waals surface area contributed by atoms with Crippen LogP contribution in [0, 0.1) is 0 Å². The minimum atomic E-state index is 0.341. The second-order valence-electron chi connectivity index (χ2n) is 5.08. The molecule has 0 aliphatic carbocycles. The van der Waals surface area contributed by atoms with Gasteiger partial charge in [-0.15, -0.1) is 0 Å². The Labute approximate surface area is 106 Å². The quantitative estimate of drug-likeness (QED) is 0.727. The molecule has 0 aromatic carbocycles. The average molecular weight is 244 g/mol. The fourth-order valence-corrected chi connectivity index (χ4v) is 2.47. The van der Waals surface area contributed by atoms with Gasteiger partial charge in [0.2, 0.25) is 0 Å². The summed E-state index contributed by atoms with van der Waals surface area (Å²) in [5, 5.41) is 3.54. The third-order valence-corrected chi connectivity index (χ3v) is 3.02. The molecule has 0 aromatic heterocycles. The molecule has 0 radical (unpaired) electrons. The SMILES string of the molecule is CCCNC(COC)CN1CC(C)OC(C)C1. The molecule has 0 saturated carbocycles. The van der Waals surface area contributed by atoms with Gasteiger partial charge in [0.05, 0.1) is 18.8 Å². The molecule has 0 amide bonds. The van der Waals surface area contributed by atoms with Crippen LogP contribution < -0.4 is 5.32 Å². The van der Waals surface area contributed by atoms with E-state index in [-0.39, 0.29) is 0 Å². The first-order valence-corrected chi connectivity index (χ1v) is 6.75. The first-order chi connectivity index (χ1) is 8.15. The van der Waals surface area contributed by atoms with Gasteiger partial charge in [0.15, 0.2) is 0 Å². The number of hydrogen-bond acceptors (Lipinski definition) is 4. The van der Waals surface area contributed by atoms with Crippen molar-refractivity contribution in [3.05, 3.63) is 0 Å². The predicted octanol–water partition coefficient (Wildman–Crippen LogP) is 1.11. The van der Waals surface area contributed by atoms with Crippen LogP contribution in [0.25, 0.3) is 0 Å². The van der Waals surface area contributed by atoms with Crippen molar-refractivity contribution in [1.82, 2.24) is 10.2 Å². The number of methoxy groups -OCH3 is 1. The summed E-state index contributed by atoms with van der Waals surface area (Å²) in [6, 6.07) is 0.428. The largest absolute Gasteiger partial charge is 0.383 e. The molecule has 3 atom stereocenters. The smallest absolute Gasteiger partial charge is 0.0678 e. The van der Waals surface area contributed by atoms with Crippen LogP contribution in [0.4, 0.5) is 0 Å². The van der Waals surface area contributed by atoms with Crippen LogP contribution in [-0.4, -0.2) is 63.0 Å². The van der Waals surface area contributed by atoms with E-state index in [1.807, 2.05) is 0 Å². The molecule has 4 nitrogen and oxygen atoms in total. The van der Waals surface area contributed by atoms with Crippen molar-refractivity contribution in [3.63, 3.8) is 0 Å². The predicted molar refractivity (Wildman–Crippen MR) is 70.4 cm³/mol. The van der Waals surface area contributed by atoms with Crippen molar-refractivity contribution >= 4 is 0 Å². The van der Waals surface area contributed by atoms with Gasteiger partial charge in [-0.2, -0.15) is 0 Å². The van der Waals surface area contributed by atoms with E-state index in [0.29, 0.717) is 18.2 Å². The van der Waals surface area contributed by atoms with E-state index in [1.54, 1.807) is 7.11 Å². The third-order valence-electron chi connectivity index (χ3n) is 3.02. The van der Waals surface area contributed by atoms with E-state index in [4.69, 9.17) is 9.47 Å². The lowest BCUT2D eigenvalue weighted by atomic mass is 10.2. The van der Waals surface area contributed by atoms with Gasteiger partial charge in [0.1, 0.15) is 0 Å². The standard InChI is InChI=1S/C13H28N2O2/c1-5-6-14-13(10-16-4)9-15-7-11(2)17-12(3)8-15/h11-14H,5-10H2,1-4H3. The number of morpholine rings is 1. The van der Waals surface area contributed by atoms with Crippen LogP contribution in [-0.2, 0) is 9.47 Å². The fourth-order valence-electron chi connectivity index (χ4n) is 2.47. The van der Waals surface area contributed by atoms with E-state index in [2.05, 4.69) is 31.0 Å². The highest BCUT2D eigenvalue weighted by Crippen LogP contribution is 2.10. The van der Waals surface area contributed by atoms with Crippen molar-refractivity contribution in [1.29, 1.82) is 0 Å². The summed E-state index contributed by atoms with van der Waals surface area (Å²) in [6.07, 6.45) is 1.84. The zero-order valence-electron chi connectivity index (χ0n) is 11.7. The van der Waals surface area contributed by atoms with Crippen molar-refractivity contribution in [2.75, 3.05) is 39.9 Å². The minimum Gasteiger partial charge on any atom is -0.383 e. The van der Waals surface area contributed by atoms with Crippen LogP contribution in [0.2, 0.25) is 0 Å². The Morgan fingerprint density at radius 3 is 2.53 bits per heavy atom. The summed E-state index contributed by atoms with van der Waals surface area (Å²) >= 11 is 0. The van der Waals surface area contributed by atoms with Gasteiger partial charge < -0.3 is 14.8 Å². The molecule has 0 aromatic rings. The summed E-state index contributed by atoms with van der Waals surface area (Å²) < 4.78 is 11.0. The number of nitrogens with one attached hydrogen (secondary N) is 1. The highest BCUT2D eigenvalue weighted by molar-refractivity contribution is 4.78. The Balaban J connectivity index is 2.36. The summed E-state index contributed by atoms with van der Waals surface area (Å²) in [5.41, 5.74) is 0. The van der Waals surface area contributed by atoms with Gasteiger partial charge in [-0.3, -0.25) is 4.90 Å². The summed E-state index contributed by atoms with van der Waals surface area (Å²) in [4.78, 5) is 2.48. The monoisotopic (exact) mass is 244 g/mol. The molecule has 1 aliphatic heterocycles. The summed E-state index contributed by atoms with van der Waals surface area (Å²) in [7, 11) is 1.77. The molecule has 3 unspecified atom stereocenters. The van der Waals surface area contributed by atoms with Gasteiger partial charge in [0.25, 0.3) is 0 Å². The zero-order valence-corrected chi connectivity index (χ0v) is 11.7. The van der Waals surface area contributed by atoms with E-state index in [0.717, 1.165) is 39.2 Å². The maximum absolute atomic E-state index is 5.75. The Morgan fingerprint density at radius 1 is 1.35 bits per heavy atom. The van der Waals surface area contributed by atoms with E-state index < -0.39 is 0 Å². The van der Waals surface area contributed by atoms with Crippen molar-refractivity contribution in [3.8, 4) is 0 Å². The van der Waals surface area contributed by atoms with E-state index >= 15 is 0 Å². The molecule has 102 valence electrons. The molecule has 0 bridgehead atoms. The Bertz CT molecular complexity index is 192. The Kier molecular flexibility index (Phi) is 7.04. The lowest BCUT2D eigenvalue weighted by Crippen LogP contribution is -2.51. The van der Waals surface area contributed by atoms with Crippen molar-refractivity contribution < 1.29 is 9.47 Å². The highest BCUT2D eigenvalue weighted by Gasteiger charge is 2.24. The Hall–Kier alpha value is -0.160. The number of ether oxygens (including phenoxy) is 2. The zero-order chi connectivity index (χ0) is 12.7. The molecule has 1 rings (SSSR count). The van der Waals surface area contributed by atoms with Crippen LogP contribution in [0.15, 0.2) is 0 Å². The summed E-state index contributed by atoms with van der Waals surface area (Å²) in [6.45, 7) is 11.4. The second kappa shape index (κ2) is 8.03. The molecular weight excluding hydrogens is 216 g/mol. The van der Waals surface area contributed by atoms with Gasteiger partial charge in [0, 0.05) is 32.8 Å². The number of nitrogens with zero attached hydrogens (tertiary/aromatic N) is 1. The van der Waals surface area contributed by atoms with E-state index in [1.165, 1.54) is 0 Å². The average Bonchev–Trinajstić information content (AvgIpc) is 2.24. The van der Waals surface area contributed by atoms with E-state index in [9.17, 15) is 0 Å². The van der Waals surface area contributed by atoms with Gasteiger partial charge >= 0.3 is 0 Å². The third kappa shape index (κ3) is 5.82.